The number of anilines is 1. The summed E-state index contributed by atoms with van der Waals surface area (Å²) >= 11 is 3.27. The Morgan fingerprint density at radius 2 is 2.16 bits per heavy atom. The summed E-state index contributed by atoms with van der Waals surface area (Å²) in [6.45, 7) is -0.199. The minimum atomic E-state index is -4.72. The molecular formula is C11H11BrFNO4S. The zero-order chi connectivity index (χ0) is 14.2. The van der Waals surface area contributed by atoms with Crippen LogP contribution in [0.2, 0.25) is 0 Å². The smallest absolute Gasteiger partial charge is 0.307 e. The number of carbonyl (C=O) groups is 1. The van der Waals surface area contributed by atoms with Gasteiger partial charge in [0.15, 0.2) is 0 Å². The summed E-state index contributed by atoms with van der Waals surface area (Å²) in [5.41, 5.74) is 0.432. The van der Waals surface area contributed by atoms with E-state index in [-0.39, 0.29) is 13.0 Å². The third-order valence-corrected chi connectivity index (χ3v) is 4.53. The van der Waals surface area contributed by atoms with E-state index in [4.69, 9.17) is 4.74 Å². The van der Waals surface area contributed by atoms with Gasteiger partial charge in [0.05, 0.1) is 12.8 Å². The van der Waals surface area contributed by atoms with E-state index < -0.39 is 21.4 Å². The average Bonchev–Trinajstić information content (AvgIpc) is 2.71. The molecule has 1 aliphatic heterocycles. The van der Waals surface area contributed by atoms with Crippen LogP contribution in [0.3, 0.4) is 0 Å². The van der Waals surface area contributed by atoms with Crippen molar-refractivity contribution in [2.24, 2.45) is 0 Å². The Bertz CT molecular complexity index is 619. The summed E-state index contributed by atoms with van der Waals surface area (Å²) in [5.74, 6) is -0.0218. The zero-order valence-electron chi connectivity index (χ0n) is 9.97. The molecule has 104 valence electrons. The number of hydrogen-bond donors (Lipinski definition) is 0. The van der Waals surface area contributed by atoms with E-state index in [0.717, 1.165) is 4.47 Å². The number of methoxy groups -OCH3 is 1. The Labute approximate surface area is 118 Å². The van der Waals surface area contributed by atoms with Gasteiger partial charge in [-0.15, -0.1) is 3.89 Å². The second kappa shape index (κ2) is 5.09. The molecule has 0 N–H and O–H groups in total. The standard InChI is InChI=1S/C11H11BrFNO4S/c1-18-10-4-7(12)2-3-9(10)14-6-8(5-11(14)15)19(13,16)17/h2-4,8H,5-6H2,1H3. The summed E-state index contributed by atoms with van der Waals surface area (Å²) < 4.78 is 40.6. The van der Waals surface area contributed by atoms with Crippen molar-refractivity contribution in [2.45, 2.75) is 11.7 Å². The van der Waals surface area contributed by atoms with Crippen molar-refractivity contribution in [1.82, 2.24) is 0 Å². The van der Waals surface area contributed by atoms with Gasteiger partial charge in [0, 0.05) is 17.4 Å². The van der Waals surface area contributed by atoms with E-state index in [9.17, 15) is 17.1 Å². The Hall–Kier alpha value is -1.15. The molecule has 0 aliphatic carbocycles. The Morgan fingerprint density at radius 1 is 1.47 bits per heavy atom. The molecular weight excluding hydrogens is 341 g/mol. The molecule has 1 amide bonds. The highest BCUT2D eigenvalue weighted by atomic mass is 79.9. The van der Waals surface area contributed by atoms with Crippen LogP contribution in [0.1, 0.15) is 6.42 Å². The molecule has 0 bridgehead atoms. The lowest BCUT2D eigenvalue weighted by Gasteiger charge is -2.19. The van der Waals surface area contributed by atoms with Gasteiger partial charge in [0.25, 0.3) is 0 Å². The second-order valence-corrected chi connectivity index (χ2v) is 6.66. The molecule has 1 fully saturated rings. The molecule has 1 atom stereocenters. The fraction of sp³-hybridized carbons (Fsp3) is 0.364. The third-order valence-electron chi connectivity index (χ3n) is 2.92. The molecule has 0 spiro atoms. The van der Waals surface area contributed by atoms with Crippen molar-refractivity contribution >= 4 is 37.7 Å². The van der Waals surface area contributed by atoms with Crippen molar-refractivity contribution in [3.8, 4) is 5.75 Å². The van der Waals surface area contributed by atoms with Gasteiger partial charge in [-0.25, -0.2) is 0 Å². The summed E-state index contributed by atoms with van der Waals surface area (Å²) in [6, 6.07) is 4.97. The van der Waals surface area contributed by atoms with Crippen LogP contribution in [-0.4, -0.2) is 33.2 Å². The first kappa shape index (κ1) is 14.3. The van der Waals surface area contributed by atoms with Crippen LogP contribution in [0.4, 0.5) is 9.57 Å². The van der Waals surface area contributed by atoms with E-state index in [2.05, 4.69) is 15.9 Å². The molecule has 0 radical (unpaired) electrons. The normalized spacial score (nSPS) is 19.8. The average molecular weight is 352 g/mol. The first-order valence-corrected chi connectivity index (χ1v) is 7.64. The quantitative estimate of drug-likeness (QED) is 0.779. The molecule has 0 saturated carbocycles. The minimum absolute atomic E-state index is 0.199. The lowest BCUT2D eigenvalue weighted by molar-refractivity contribution is -0.117. The third kappa shape index (κ3) is 2.89. The zero-order valence-corrected chi connectivity index (χ0v) is 12.4. The maximum absolute atomic E-state index is 13.0. The Kier molecular flexibility index (Phi) is 3.82. The minimum Gasteiger partial charge on any atom is -0.495 e. The van der Waals surface area contributed by atoms with Gasteiger partial charge in [0.1, 0.15) is 11.0 Å². The van der Waals surface area contributed by atoms with Crippen molar-refractivity contribution < 1.29 is 21.8 Å². The van der Waals surface area contributed by atoms with Gasteiger partial charge in [-0.1, -0.05) is 15.9 Å². The maximum atomic E-state index is 13.0. The van der Waals surface area contributed by atoms with Crippen molar-refractivity contribution in [3.63, 3.8) is 0 Å². The highest BCUT2D eigenvalue weighted by Gasteiger charge is 2.39. The topological polar surface area (TPSA) is 63.7 Å². The molecule has 1 aliphatic rings. The molecule has 1 heterocycles. The van der Waals surface area contributed by atoms with Gasteiger partial charge in [-0.3, -0.25) is 4.79 Å². The van der Waals surface area contributed by atoms with Crippen LogP contribution in [-0.2, 0) is 15.0 Å². The number of carbonyl (C=O) groups excluding carboxylic acids is 1. The molecule has 1 aromatic rings. The molecule has 8 heteroatoms. The monoisotopic (exact) mass is 351 g/mol. The number of hydrogen-bond acceptors (Lipinski definition) is 4. The van der Waals surface area contributed by atoms with E-state index in [1.165, 1.54) is 12.0 Å². The molecule has 1 aromatic carbocycles. The predicted molar refractivity (Wildman–Crippen MR) is 71.5 cm³/mol. The molecule has 1 saturated heterocycles. The van der Waals surface area contributed by atoms with Gasteiger partial charge in [-0.2, -0.15) is 8.42 Å². The largest absolute Gasteiger partial charge is 0.495 e. The molecule has 0 aromatic heterocycles. The van der Waals surface area contributed by atoms with E-state index in [1.54, 1.807) is 18.2 Å². The number of ether oxygens (including phenoxy) is 1. The molecule has 5 nitrogen and oxygen atoms in total. The lowest BCUT2D eigenvalue weighted by Crippen LogP contribution is -2.27. The number of benzene rings is 1. The maximum Gasteiger partial charge on any atom is 0.307 e. The van der Waals surface area contributed by atoms with Gasteiger partial charge < -0.3 is 9.64 Å². The summed E-state index contributed by atoms with van der Waals surface area (Å²) in [6.07, 6.45) is -0.349. The van der Waals surface area contributed by atoms with Crippen LogP contribution in [0.15, 0.2) is 22.7 Å². The summed E-state index contributed by atoms with van der Waals surface area (Å²) in [5, 5.41) is -1.31. The highest BCUT2D eigenvalue weighted by Crippen LogP contribution is 2.35. The molecule has 19 heavy (non-hydrogen) atoms. The lowest BCUT2D eigenvalue weighted by atomic mass is 10.2. The number of amides is 1. The van der Waals surface area contributed by atoms with Gasteiger partial charge >= 0.3 is 10.2 Å². The van der Waals surface area contributed by atoms with E-state index in [0.29, 0.717) is 11.4 Å². The van der Waals surface area contributed by atoms with Crippen LogP contribution in [0.5, 0.6) is 5.75 Å². The van der Waals surface area contributed by atoms with Gasteiger partial charge in [-0.05, 0) is 18.2 Å². The van der Waals surface area contributed by atoms with Crippen LogP contribution in [0.25, 0.3) is 0 Å². The van der Waals surface area contributed by atoms with Crippen molar-refractivity contribution in [2.75, 3.05) is 18.6 Å². The first-order valence-electron chi connectivity index (χ1n) is 5.40. The number of halogens is 2. The summed E-state index contributed by atoms with van der Waals surface area (Å²) in [4.78, 5) is 13.0. The highest BCUT2D eigenvalue weighted by molar-refractivity contribution is 9.10. The second-order valence-electron chi connectivity index (χ2n) is 4.12. The van der Waals surface area contributed by atoms with Crippen LogP contribution in [0, 0.1) is 0 Å². The Balaban J connectivity index is 2.36. The fourth-order valence-electron chi connectivity index (χ4n) is 1.97. The van der Waals surface area contributed by atoms with Crippen LogP contribution < -0.4 is 9.64 Å². The van der Waals surface area contributed by atoms with E-state index in [1.807, 2.05) is 0 Å². The molecule has 1 unspecified atom stereocenters. The first-order chi connectivity index (χ1) is 8.82. The fourth-order valence-corrected chi connectivity index (χ4v) is 2.98. The number of nitrogens with zero attached hydrogens (tertiary/aromatic N) is 1. The Morgan fingerprint density at radius 3 is 2.68 bits per heavy atom. The van der Waals surface area contributed by atoms with E-state index >= 15 is 0 Å². The SMILES string of the molecule is COc1cc(Br)ccc1N1CC(S(=O)(=O)F)CC1=O. The van der Waals surface area contributed by atoms with Crippen LogP contribution >= 0.6 is 15.9 Å². The number of rotatable bonds is 3. The molecule has 2 rings (SSSR count). The van der Waals surface area contributed by atoms with Crippen molar-refractivity contribution in [1.29, 1.82) is 0 Å². The summed E-state index contributed by atoms with van der Waals surface area (Å²) in [7, 11) is -3.28. The van der Waals surface area contributed by atoms with Gasteiger partial charge in [0.2, 0.25) is 5.91 Å². The van der Waals surface area contributed by atoms with Crippen molar-refractivity contribution in [3.05, 3.63) is 22.7 Å². The predicted octanol–water partition coefficient (Wildman–Crippen LogP) is 1.86.